The molecule has 1 aliphatic rings. The van der Waals surface area contributed by atoms with E-state index in [0.717, 1.165) is 48.5 Å². The van der Waals surface area contributed by atoms with Crippen molar-refractivity contribution in [1.82, 2.24) is 24.4 Å². The molecule has 0 unspecified atom stereocenters. The summed E-state index contributed by atoms with van der Waals surface area (Å²) in [5.74, 6) is 0.902. The SMILES string of the molecule is Cc1nn(C)c2ncc([S@+]([O-])N[C@@H]3CCN(Cc4ccc(OC(C)C)cc4)C3)cc12. The molecule has 4 rings (SSSR count). The molecule has 0 radical (unpaired) electrons. The lowest BCUT2D eigenvalue weighted by Crippen LogP contribution is -2.37. The Labute approximate surface area is 180 Å². The molecule has 1 fully saturated rings. The average Bonchev–Trinajstić information content (AvgIpc) is 3.26. The van der Waals surface area contributed by atoms with Crippen molar-refractivity contribution >= 4 is 22.4 Å². The van der Waals surface area contributed by atoms with Gasteiger partial charge in [-0.2, -0.15) is 5.10 Å². The predicted molar refractivity (Wildman–Crippen MR) is 119 cm³/mol. The van der Waals surface area contributed by atoms with E-state index in [4.69, 9.17) is 4.74 Å². The Bertz CT molecular complexity index is 1000. The van der Waals surface area contributed by atoms with Crippen LogP contribution in [0, 0.1) is 6.92 Å². The highest BCUT2D eigenvalue weighted by Crippen LogP contribution is 2.21. The van der Waals surface area contributed by atoms with Crippen molar-refractivity contribution in [2.75, 3.05) is 13.1 Å². The van der Waals surface area contributed by atoms with Crippen molar-refractivity contribution in [3.05, 3.63) is 47.8 Å². The topological polar surface area (TPSA) is 78.3 Å². The van der Waals surface area contributed by atoms with Crippen LogP contribution >= 0.6 is 0 Å². The fourth-order valence-corrected chi connectivity index (χ4v) is 4.89. The van der Waals surface area contributed by atoms with Gasteiger partial charge in [-0.25, -0.2) is 4.98 Å². The minimum atomic E-state index is -1.29. The smallest absolute Gasteiger partial charge is 0.192 e. The van der Waals surface area contributed by atoms with Crippen molar-refractivity contribution in [2.45, 2.75) is 50.8 Å². The molecule has 0 saturated carbocycles. The van der Waals surface area contributed by atoms with Crippen molar-refractivity contribution < 1.29 is 9.29 Å². The molecular formula is C22H29N5O2S. The zero-order valence-electron chi connectivity index (χ0n) is 18.0. The van der Waals surface area contributed by atoms with Crippen LogP contribution in [0.1, 0.15) is 31.5 Å². The van der Waals surface area contributed by atoms with E-state index in [0.29, 0.717) is 4.90 Å². The summed E-state index contributed by atoms with van der Waals surface area (Å²) in [5, 5.41) is 5.33. The van der Waals surface area contributed by atoms with Gasteiger partial charge in [0, 0.05) is 38.1 Å². The second kappa shape index (κ2) is 8.93. The Morgan fingerprint density at radius 3 is 2.80 bits per heavy atom. The summed E-state index contributed by atoms with van der Waals surface area (Å²) < 4.78 is 23.6. The van der Waals surface area contributed by atoms with Crippen molar-refractivity contribution in [1.29, 1.82) is 0 Å². The molecular weight excluding hydrogens is 398 g/mol. The van der Waals surface area contributed by atoms with Gasteiger partial charge in [0.05, 0.1) is 35.4 Å². The molecule has 3 aromatic rings. The van der Waals surface area contributed by atoms with Gasteiger partial charge in [0.1, 0.15) is 5.75 Å². The summed E-state index contributed by atoms with van der Waals surface area (Å²) in [5.41, 5.74) is 2.97. The van der Waals surface area contributed by atoms with E-state index in [1.54, 1.807) is 10.9 Å². The highest BCUT2D eigenvalue weighted by Gasteiger charge is 2.27. The lowest BCUT2D eigenvalue weighted by molar-refractivity contribution is 0.242. The van der Waals surface area contributed by atoms with Crippen LogP contribution in [0.2, 0.25) is 0 Å². The molecule has 2 atom stereocenters. The number of aryl methyl sites for hydroxylation is 2. The van der Waals surface area contributed by atoms with E-state index < -0.39 is 11.4 Å². The number of benzene rings is 1. The number of pyridine rings is 1. The first-order chi connectivity index (χ1) is 14.4. The Morgan fingerprint density at radius 2 is 2.07 bits per heavy atom. The second-order valence-corrected chi connectivity index (χ2v) is 9.41. The molecule has 7 nitrogen and oxygen atoms in total. The fraction of sp³-hybridized carbons (Fsp3) is 0.455. The molecule has 160 valence electrons. The molecule has 2 aromatic heterocycles. The number of ether oxygens (including phenoxy) is 1. The number of rotatable bonds is 7. The lowest BCUT2D eigenvalue weighted by Gasteiger charge is -2.18. The largest absolute Gasteiger partial charge is 0.593 e. The van der Waals surface area contributed by atoms with E-state index in [-0.39, 0.29) is 12.1 Å². The van der Waals surface area contributed by atoms with E-state index in [2.05, 4.69) is 31.8 Å². The maximum absolute atomic E-state index is 12.9. The van der Waals surface area contributed by atoms with Crippen LogP contribution in [0.5, 0.6) is 5.75 Å². The van der Waals surface area contributed by atoms with Gasteiger partial charge < -0.3 is 9.29 Å². The second-order valence-electron chi connectivity index (χ2n) is 8.17. The molecule has 30 heavy (non-hydrogen) atoms. The van der Waals surface area contributed by atoms with Crippen molar-refractivity contribution in [3.8, 4) is 5.75 Å². The summed E-state index contributed by atoms with van der Waals surface area (Å²) in [4.78, 5) is 7.52. The standard InChI is InChI=1S/C22H29N5O2S/c1-15(2)29-19-7-5-17(6-8-19)13-27-10-9-18(14-27)25-30(28)20-11-21-16(3)24-26(4)22(21)23-12-20/h5-8,11-12,15,18,25H,9-10,13-14H2,1-4H3/t18-,30+/m1/s1. The highest BCUT2D eigenvalue weighted by atomic mass is 32.2. The number of hydrogen-bond acceptors (Lipinski definition) is 6. The van der Waals surface area contributed by atoms with Gasteiger partial charge in [-0.05, 0) is 44.9 Å². The monoisotopic (exact) mass is 427 g/mol. The first-order valence-electron chi connectivity index (χ1n) is 10.3. The van der Waals surface area contributed by atoms with Crippen LogP contribution < -0.4 is 9.46 Å². The van der Waals surface area contributed by atoms with Gasteiger partial charge in [0.15, 0.2) is 10.5 Å². The van der Waals surface area contributed by atoms with E-state index in [9.17, 15) is 4.55 Å². The van der Waals surface area contributed by atoms with E-state index in [1.807, 2.05) is 46.0 Å². The first kappa shape index (κ1) is 21.1. The number of fused-ring (bicyclic) bond motifs is 1. The summed E-state index contributed by atoms with van der Waals surface area (Å²) in [6.45, 7) is 8.74. The molecule has 8 heteroatoms. The van der Waals surface area contributed by atoms with Crippen LogP contribution in [0.4, 0.5) is 0 Å². The third kappa shape index (κ3) is 4.78. The van der Waals surface area contributed by atoms with Crippen LogP contribution in [-0.4, -0.2) is 49.5 Å². The van der Waals surface area contributed by atoms with Gasteiger partial charge in [-0.15, -0.1) is 4.72 Å². The Hall–Kier alpha value is -2.13. The lowest BCUT2D eigenvalue weighted by atomic mass is 10.2. The van der Waals surface area contributed by atoms with Crippen LogP contribution in [0.25, 0.3) is 11.0 Å². The molecule has 1 aliphatic heterocycles. The van der Waals surface area contributed by atoms with Crippen molar-refractivity contribution in [3.63, 3.8) is 0 Å². The summed E-state index contributed by atoms with van der Waals surface area (Å²) in [6.07, 6.45) is 2.84. The Balaban J connectivity index is 1.33. The minimum absolute atomic E-state index is 0.181. The highest BCUT2D eigenvalue weighted by molar-refractivity contribution is 7.89. The van der Waals surface area contributed by atoms with Gasteiger partial charge in [-0.3, -0.25) is 9.58 Å². The summed E-state index contributed by atoms with van der Waals surface area (Å²) in [7, 11) is 1.87. The number of likely N-dealkylation sites (tertiary alicyclic amines) is 1. The normalized spacial score (nSPS) is 18.4. The summed E-state index contributed by atoms with van der Waals surface area (Å²) >= 11 is -1.29. The fourth-order valence-electron chi connectivity index (χ4n) is 3.89. The average molecular weight is 428 g/mol. The minimum Gasteiger partial charge on any atom is -0.593 e. The number of nitrogens with one attached hydrogen (secondary N) is 1. The number of nitrogens with zero attached hydrogens (tertiary/aromatic N) is 4. The van der Waals surface area contributed by atoms with Gasteiger partial charge in [0.2, 0.25) is 0 Å². The molecule has 0 bridgehead atoms. The summed E-state index contributed by atoms with van der Waals surface area (Å²) in [6, 6.07) is 10.4. The maximum Gasteiger partial charge on any atom is 0.192 e. The Morgan fingerprint density at radius 1 is 1.30 bits per heavy atom. The molecule has 0 spiro atoms. The van der Waals surface area contributed by atoms with Gasteiger partial charge in [0.25, 0.3) is 0 Å². The van der Waals surface area contributed by atoms with Gasteiger partial charge >= 0.3 is 0 Å². The maximum atomic E-state index is 12.9. The Kier molecular flexibility index (Phi) is 6.29. The molecule has 1 saturated heterocycles. The van der Waals surface area contributed by atoms with E-state index >= 15 is 0 Å². The van der Waals surface area contributed by atoms with E-state index in [1.165, 1.54) is 5.56 Å². The first-order valence-corrected chi connectivity index (χ1v) is 11.5. The van der Waals surface area contributed by atoms with Crippen molar-refractivity contribution in [2.24, 2.45) is 7.05 Å². The molecule has 0 aliphatic carbocycles. The molecule has 3 heterocycles. The zero-order valence-corrected chi connectivity index (χ0v) is 18.8. The molecule has 1 N–H and O–H groups in total. The quantitative estimate of drug-likeness (QED) is 0.584. The predicted octanol–water partition coefficient (Wildman–Crippen LogP) is 2.95. The van der Waals surface area contributed by atoms with Gasteiger partial charge in [-0.1, -0.05) is 12.1 Å². The molecule has 0 amide bonds. The van der Waals surface area contributed by atoms with Crippen LogP contribution in [0.15, 0.2) is 41.4 Å². The van der Waals surface area contributed by atoms with Crippen LogP contribution in [-0.2, 0) is 25.0 Å². The van der Waals surface area contributed by atoms with Crippen LogP contribution in [0.3, 0.4) is 0 Å². The zero-order chi connectivity index (χ0) is 21.3. The third-order valence-electron chi connectivity index (χ3n) is 5.30. The number of hydrogen-bond donors (Lipinski definition) is 1. The third-order valence-corrected chi connectivity index (χ3v) is 6.50. The number of aromatic nitrogens is 3. The molecule has 1 aromatic carbocycles.